The normalized spacial score (nSPS) is 32.8. The molecule has 6 aliphatic rings. The van der Waals surface area contributed by atoms with Gasteiger partial charge in [-0.15, -0.1) is 0 Å². The first-order chi connectivity index (χ1) is 25.3. The van der Waals surface area contributed by atoms with Crippen LogP contribution in [0, 0.1) is 17.8 Å². The summed E-state index contributed by atoms with van der Waals surface area (Å²) >= 11 is 0. The first-order valence-electron chi connectivity index (χ1n) is 19.4. The van der Waals surface area contributed by atoms with Crippen molar-refractivity contribution in [3.8, 4) is 5.69 Å². The number of allylic oxidation sites excluding steroid dienone is 4. The number of nitrogens with one attached hydrogen (secondary N) is 1. The second-order valence-electron chi connectivity index (χ2n) is 16.4. The molecule has 0 amide bonds. The van der Waals surface area contributed by atoms with Crippen molar-refractivity contribution in [3.63, 3.8) is 0 Å². The maximum atomic E-state index is 5.58. The molecule has 10 rings (SSSR count). The summed E-state index contributed by atoms with van der Waals surface area (Å²) in [6, 6.07) is 29.4. The number of hydrogen-bond donors (Lipinski definition) is 1. The molecular formula is C48H48N4. The van der Waals surface area contributed by atoms with Crippen molar-refractivity contribution >= 4 is 34.0 Å². The van der Waals surface area contributed by atoms with E-state index in [0.717, 1.165) is 19.3 Å². The van der Waals surface area contributed by atoms with Crippen LogP contribution in [0.15, 0.2) is 144 Å². The molecule has 1 N–H and O–H groups in total. The predicted molar refractivity (Wildman–Crippen MR) is 218 cm³/mol. The van der Waals surface area contributed by atoms with Gasteiger partial charge in [0.1, 0.15) is 0 Å². The molecular weight excluding hydrogens is 633 g/mol. The van der Waals surface area contributed by atoms with Crippen molar-refractivity contribution in [3.05, 3.63) is 156 Å². The van der Waals surface area contributed by atoms with Gasteiger partial charge in [0.25, 0.3) is 0 Å². The largest absolute Gasteiger partial charge is 0.354 e. The first-order valence-corrected chi connectivity index (χ1v) is 19.4. The van der Waals surface area contributed by atoms with Gasteiger partial charge >= 0.3 is 0 Å². The quantitative estimate of drug-likeness (QED) is 0.218. The first kappa shape index (κ1) is 31.8. The summed E-state index contributed by atoms with van der Waals surface area (Å²) in [7, 11) is 0. The number of fused-ring (bicyclic) bond motifs is 7. The molecule has 4 aromatic rings. The SMILES string of the molecule is CC1C=C(C2NC3(C)C=CC=CC3N=C2C2CC=CCC2C)C=CC1N1c2ccccc2C2=Cc3c(n(-c4ccccc4)c4ccccc34)CC21C. The smallest absolute Gasteiger partial charge is 0.0898 e. The van der Waals surface area contributed by atoms with Crippen LogP contribution < -0.4 is 10.2 Å². The lowest BCUT2D eigenvalue weighted by Gasteiger charge is -2.48. The maximum absolute atomic E-state index is 5.58. The van der Waals surface area contributed by atoms with E-state index >= 15 is 0 Å². The van der Waals surface area contributed by atoms with Gasteiger partial charge in [-0.1, -0.05) is 123 Å². The summed E-state index contributed by atoms with van der Waals surface area (Å²) in [6.45, 7) is 9.64. The number of aromatic nitrogens is 1. The van der Waals surface area contributed by atoms with Crippen LogP contribution in [0.2, 0.25) is 0 Å². The summed E-state index contributed by atoms with van der Waals surface area (Å²) in [5.41, 5.74) is 11.6. The van der Waals surface area contributed by atoms with Crippen LogP contribution in [0.3, 0.4) is 0 Å². The molecule has 2 aliphatic heterocycles. The predicted octanol–water partition coefficient (Wildman–Crippen LogP) is 10.1. The van der Waals surface area contributed by atoms with E-state index in [4.69, 9.17) is 4.99 Å². The zero-order valence-corrected chi connectivity index (χ0v) is 30.7. The Kier molecular flexibility index (Phi) is 7.21. The summed E-state index contributed by atoms with van der Waals surface area (Å²) in [5.74, 6) is 1.32. The van der Waals surface area contributed by atoms with Crippen molar-refractivity contribution in [2.45, 2.75) is 76.2 Å². The van der Waals surface area contributed by atoms with E-state index in [1.807, 2.05) is 0 Å². The molecule has 3 aromatic carbocycles. The number of para-hydroxylation sites is 3. The lowest BCUT2D eigenvalue weighted by molar-refractivity contribution is 0.347. The van der Waals surface area contributed by atoms with Gasteiger partial charge in [0.15, 0.2) is 0 Å². The highest BCUT2D eigenvalue weighted by molar-refractivity contribution is 6.06. The van der Waals surface area contributed by atoms with Gasteiger partial charge < -0.3 is 9.47 Å². The van der Waals surface area contributed by atoms with Crippen molar-refractivity contribution in [2.24, 2.45) is 22.7 Å². The maximum Gasteiger partial charge on any atom is 0.0898 e. The van der Waals surface area contributed by atoms with Crippen molar-refractivity contribution in [1.82, 2.24) is 9.88 Å². The Morgan fingerprint density at radius 2 is 1.63 bits per heavy atom. The molecule has 0 fully saturated rings. The van der Waals surface area contributed by atoms with E-state index in [-0.39, 0.29) is 29.2 Å². The molecule has 4 heteroatoms. The highest BCUT2D eigenvalue weighted by atomic mass is 15.3. The van der Waals surface area contributed by atoms with E-state index in [0.29, 0.717) is 17.8 Å². The van der Waals surface area contributed by atoms with Crippen LogP contribution in [-0.4, -0.2) is 39.5 Å². The van der Waals surface area contributed by atoms with Crippen LogP contribution in [0.1, 0.15) is 57.4 Å². The lowest BCUT2D eigenvalue weighted by Crippen LogP contribution is -2.62. The molecule has 3 heterocycles. The molecule has 0 radical (unpaired) electrons. The molecule has 0 bridgehead atoms. The van der Waals surface area contributed by atoms with Crippen molar-refractivity contribution < 1.29 is 0 Å². The van der Waals surface area contributed by atoms with Gasteiger partial charge in [-0.25, -0.2) is 0 Å². The number of anilines is 1. The topological polar surface area (TPSA) is 32.6 Å². The van der Waals surface area contributed by atoms with Crippen LogP contribution >= 0.6 is 0 Å². The fraction of sp³-hybridized carbons (Fsp3) is 0.312. The van der Waals surface area contributed by atoms with Gasteiger partial charge in [-0.05, 0) is 80.0 Å². The molecule has 4 nitrogen and oxygen atoms in total. The second kappa shape index (κ2) is 11.8. The summed E-state index contributed by atoms with van der Waals surface area (Å²) in [6.07, 6.45) is 26.8. The van der Waals surface area contributed by atoms with E-state index in [2.05, 4.69) is 182 Å². The highest BCUT2D eigenvalue weighted by Gasteiger charge is 2.51. The van der Waals surface area contributed by atoms with E-state index in [1.54, 1.807) is 0 Å². The average Bonchev–Trinajstić information content (AvgIpc) is 3.61. The zero-order chi connectivity index (χ0) is 35.2. The van der Waals surface area contributed by atoms with Crippen LogP contribution in [0.4, 0.5) is 5.69 Å². The lowest BCUT2D eigenvalue weighted by atomic mass is 9.73. The molecule has 8 atom stereocenters. The molecule has 8 unspecified atom stereocenters. The Bertz CT molecular complexity index is 2310. The Morgan fingerprint density at radius 1 is 0.846 bits per heavy atom. The molecule has 0 saturated heterocycles. The van der Waals surface area contributed by atoms with E-state index in [1.165, 1.54) is 56.0 Å². The minimum absolute atomic E-state index is 0.0896. The third-order valence-electron chi connectivity index (χ3n) is 13.1. The summed E-state index contributed by atoms with van der Waals surface area (Å²) < 4.78 is 2.52. The third-order valence-corrected chi connectivity index (χ3v) is 13.1. The van der Waals surface area contributed by atoms with Crippen LogP contribution in [0.25, 0.3) is 28.2 Å². The Morgan fingerprint density at radius 3 is 2.48 bits per heavy atom. The van der Waals surface area contributed by atoms with Gasteiger partial charge in [-0.3, -0.25) is 10.3 Å². The standard InChI is InChI=1S/C48H48N4/c1-31-16-8-9-19-35(31)46-45(50-47(3)27-15-14-24-44(47)49-46)33-25-26-40(32(2)28-33)52-42-23-13-11-21-37(42)39-29-38-36-20-10-12-22-41(36)51(34-17-6-5-7-18-34)43(38)30-48(39,52)4/h5-15,17-18,20-29,31-32,35,40,44-45,50H,16,19,30H2,1-4H3. The zero-order valence-electron chi connectivity index (χ0n) is 30.7. The fourth-order valence-corrected chi connectivity index (χ4v) is 10.4. The average molecular weight is 681 g/mol. The molecule has 52 heavy (non-hydrogen) atoms. The molecule has 260 valence electrons. The van der Waals surface area contributed by atoms with E-state index in [9.17, 15) is 0 Å². The molecule has 0 spiro atoms. The van der Waals surface area contributed by atoms with Crippen molar-refractivity contribution in [1.29, 1.82) is 0 Å². The summed E-state index contributed by atoms with van der Waals surface area (Å²) in [5, 5.41) is 5.47. The summed E-state index contributed by atoms with van der Waals surface area (Å²) in [4.78, 5) is 8.35. The van der Waals surface area contributed by atoms with Gasteiger partial charge in [0, 0.05) is 51.6 Å². The van der Waals surface area contributed by atoms with Gasteiger partial charge in [0.2, 0.25) is 0 Å². The minimum atomic E-state index is -0.217. The second-order valence-corrected chi connectivity index (χ2v) is 16.4. The number of hydrogen-bond acceptors (Lipinski definition) is 3. The Labute approximate surface area is 308 Å². The number of rotatable bonds is 4. The van der Waals surface area contributed by atoms with Crippen LogP contribution in [0.5, 0.6) is 0 Å². The Hall–Kier alpha value is -4.93. The molecule has 0 saturated carbocycles. The van der Waals surface area contributed by atoms with Gasteiger partial charge in [-0.2, -0.15) is 0 Å². The monoisotopic (exact) mass is 680 g/mol. The Balaban J connectivity index is 1.05. The number of aliphatic imine (C=N–C) groups is 1. The number of nitrogens with zero attached hydrogens (tertiary/aromatic N) is 3. The molecule has 1 aromatic heterocycles. The number of benzene rings is 3. The van der Waals surface area contributed by atoms with E-state index < -0.39 is 0 Å². The minimum Gasteiger partial charge on any atom is -0.354 e. The van der Waals surface area contributed by atoms with Crippen LogP contribution in [-0.2, 0) is 6.42 Å². The van der Waals surface area contributed by atoms with Gasteiger partial charge in [0.05, 0.1) is 34.7 Å². The molecule has 4 aliphatic carbocycles. The third kappa shape index (κ3) is 4.66. The van der Waals surface area contributed by atoms with Crippen molar-refractivity contribution in [2.75, 3.05) is 4.90 Å². The highest BCUT2D eigenvalue weighted by Crippen LogP contribution is 2.55. The fourth-order valence-electron chi connectivity index (χ4n) is 10.4.